The van der Waals surface area contributed by atoms with Crippen LogP contribution in [0.2, 0.25) is 0 Å². The van der Waals surface area contributed by atoms with Crippen molar-refractivity contribution in [2.45, 2.75) is 78.0 Å². The van der Waals surface area contributed by atoms with Crippen molar-refractivity contribution in [2.24, 2.45) is 0 Å². The Morgan fingerprint density at radius 2 is 1.95 bits per heavy atom. The second-order valence-electron chi connectivity index (χ2n) is 10.5. The van der Waals surface area contributed by atoms with Crippen LogP contribution in [0.5, 0.6) is 0 Å². The maximum absolute atomic E-state index is 12.7. The zero-order chi connectivity index (χ0) is 30.4. The van der Waals surface area contributed by atoms with Crippen molar-refractivity contribution in [2.75, 3.05) is 20.6 Å². The summed E-state index contributed by atoms with van der Waals surface area (Å²) in [5, 5.41) is 2.77. The minimum Gasteiger partial charge on any atom is -0.461 e. The fourth-order valence-corrected chi connectivity index (χ4v) is 5.36. The van der Waals surface area contributed by atoms with Crippen molar-refractivity contribution >= 4 is 34.5 Å². The van der Waals surface area contributed by atoms with Crippen molar-refractivity contribution in [1.82, 2.24) is 14.6 Å². The number of likely N-dealkylation sites (N-methyl/N-ethyl adjacent to an activating group) is 1. The van der Waals surface area contributed by atoms with E-state index in [1.807, 2.05) is 58.5 Å². The van der Waals surface area contributed by atoms with Crippen molar-refractivity contribution < 1.29 is 27.8 Å². The number of ether oxygens (including phenoxy) is 2. The first kappa shape index (κ1) is 34.5. The molecule has 2 rings (SSSR count). The lowest BCUT2D eigenvalue weighted by atomic mass is 10.1. The van der Waals surface area contributed by atoms with Crippen LogP contribution < -0.4 is 4.72 Å². The van der Waals surface area contributed by atoms with E-state index in [1.165, 1.54) is 17.4 Å². The molecule has 4 atom stereocenters. The summed E-state index contributed by atoms with van der Waals surface area (Å²) in [6.45, 7) is 8.51. The highest BCUT2D eigenvalue weighted by Gasteiger charge is 2.24. The lowest BCUT2D eigenvalue weighted by Crippen LogP contribution is -2.40. The van der Waals surface area contributed by atoms with E-state index in [-0.39, 0.29) is 0 Å². The van der Waals surface area contributed by atoms with Crippen molar-refractivity contribution in [3.05, 3.63) is 75.3 Å². The topological polar surface area (TPSA) is 118 Å². The highest BCUT2D eigenvalue weighted by molar-refractivity contribution is 7.77. The molecule has 1 unspecified atom stereocenters. The molecule has 9 nitrogen and oxygen atoms in total. The molecule has 1 aromatic rings. The van der Waals surface area contributed by atoms with Gasteiger partial charge in [0.2, 0.25) is 11.3 Å². The predicted molar refractivity (Wildman–Crippen MR) is 165 cm³/mol. The summed E-state index contributed by atoms with van der Waals surface area (Å²) in [7, 11) is 4.04. The number of hydrogen-bond donors (Lipinski definition) is 2. The minimum absolute atomic E-state index is 0.319. The number of carbonyl (C=O) groups is 2. The number of carbonyl (C=O) groups excluding carboxylic acids is 2. The lowest BCUT2D eigenvalue weighted by Gasteiger charge is -2.19. The SMILES string of the molecule is CC(/C=C/C(C)=C/[C@@H]1Cc2nc(cs2)CCC[C@H](NS(=O)O)C(=O)O[C@@H](C)C/C(C)=C/C=C\C(=O)O1)=C\CN(C)C. The summed E-state index contributed by atoms with van der Waals surface area (Å²) in [6, 6.07) is -0.911. The van der Waals surface area contributed by atoms with Crippen LogP contribution >= 0.6 is 11.3 Å². The Balaban J connectivity index is 2.29. The molecule has 0 amide bonds. The number of rotatable bonds is 7. The average Bonchev–Trinajstić information content (AvgIpc) is 3.31. The Kier molecular flexibility index (Phi) is 15.1. The molecule has 0 spiro atoms. The highest BCUT2D eigenvalue weighted by Crippen LogP contribution is 2.18. The zero-order valence-corrected chi connectivity index (χ0v) is 26.4. The van der Waals surface area contributed by atoms with Gasteiger partial charge in [0, 0.05) is 30.8 Å². The van der Waals surface area contributed by atoms with Crippen LogP contribution in [-0.4, -0.2) is 69.5 Å². The quantitative estimate of drug-likeness (QED) is 0.257. The minimum atomic E-state index is -2.35. The third-order valence-electron chi connectivity index (χ3n) is 6.07. The Hall–Kier alpha value is -2.70. The first-order valence-electron chi connectivity index (χ1n) is 13.6. The first-order chi connectivity index (χ1) is 19.4. The van der Waals surface area contributed by atoms with Gasteiger partial charge in [-0.3, -0.25) is 9.35 Å². The van der Waals surface area contributed by atoms with Gasteiger partial charge in [-0.1, -0.05) is 47.1 Å². The van der Waals surface area contributed by atoms with E-state index in [0.29, 0.717) is 32.1 Å². The van der Waals surface area contributed by atoms with Gasteiger partial charge < -0.3 is 14.4 Å². The van der Waals surface area contributed by atoms with E-state index in [0.717, 1.165) is 34.0 Å². The molecule has 0 aliphatic carbocycles. The largest absolute Gasteiger partial charge is 0.461 e. The second kappa shape index (κ2) is 18.0. The van der Waals surface area contributed by atoms with Gasteiger partial charge in [0.25, 0.3) is 0 Å². The molecule has 1 aliphatic rings. The highest BCUT2D eigenvalue weighted by atomic mass is 32.2. The molecule has 2 heterocycles. The van der Waals surface area contributed by atoms with Gasteiger partial charge in [-0.25, -0.2) is 18.7 Å². The first-order valence-corrected chi connectivity index (χ1v) is 15.6. The summed E-state index contributed by atoms with van der Waals surface area (Å²) in [5.74, 6) is -1.04. The summed E-state index contributed by atoms with van der Waals surface area (Å²) >= 11 is -0.868. The van der Waals surface area contributed by atoms with Crippen LogP contribution in [0.4, 0.5) is 0 Å². The van der Waals surface area contributed by atoms with Crippen LogP contribution in [0.25, 0.3) is 0 Å². The molecule has 0 radical (unpaired) electrons. The van der Waals surface area contributed by atoms with Crippen LogP contribution in [0.3, 0.4) is 0 Å². The van der Waals surface area contributed by atoms with Crippen LogP contribution in [0.1, 0.15) is 57.7 Å². The van der Waals surface area contributed by atoms with E-state index in [1.54, 1.807) is 19.1 Å². The van der Waals surface area contributed by atoms with Crippen LogP contribution in [0, 0.1) is 0 Å². The van der Waals surface area contributed by atoms with Gasteiger partial charge in [-0.05, 0) is 67.1 Å². The Labute approximate surface area is 250 Å². The third kappa shape index (κ3) is 14.7. The van der Waals surface area contributed by atoms with Gasteiger partial charge in [0.1, 0.15) is 18.2 Å². The molecular weight excluding hydrogens is 562 g/mol. The Bertz CT molecular complexity index is 1200. The molecule has 11 heteroatoms. The molecule has 0 aromatic carbocycles. The molecule has 2 bridgehead atoms. The van der Waals surface area contributed by atoms with Crippen LogP contribution in [-0.2, 0) is 43.2 Å². The molecular formula is C30H43N3O6S2. The van der Waals surface area contributed by atoms with Crippen molar-refractivity contribution in [1.29, 1.82) is 0 Å². The number of fused-ring (bicyclic) bond motifs is 2. The smallest absolute Gasteiger partial charge is 0.331 e. The number of allylic oxidation sites excluding steroid dienone is 6. The second-order valence-corrected chi connectivity index (χ2v) is 12.2. The fourth-order valence-electron chi connectivity index (χ4n) is 4.03. The number of hydrogen-bond acceptors (Lipinski definition) is 8. The molecule has 0 fully saturated rings. The monoisotopic (exact) mass is 605 g/mol. The maximum atomic E-state index is 12.7. The summed E-state index contributed by atoms with van der Waals surface area (Å²) < 4.78 is 34.4. The number of nitrogens with zero attached hydrogens (tertiary/aromatic N) is 2. The molecule has 0 saturated carbocycles. The average molecular weight is 606 g/mol. The zero-order valence-electron chi connectivity index (χ0n) is 24.8. The molecule has 2 N–H and O–H groups in total. The molecule has 1 aliphatic heterocycles. The van der Waals surface area contributed by atoms with Gasteiger partial charge in [-0.2, -0.15) is 0 Å². The van der Waals surface area contributed by atoms with E-state index < -0.39 is 41.5 Å². The maximum Gasteiger partial charge on any atom is 0.331 e. The Morgan fingerprint density at radius 3 is 2.66 bits per heavy atom. The van der Waals surface area contributed by atoms with Gasteiger partial charge >= 0.3 is 11.9 Å². The predicted octanol–water partition coefficient (Wildman–Crippen LogP) is 4.86. The number of nitrogens with one attached hydrogen (secondary N) is 1. The molecule has 226 valence electrons. The molecule has 41 heavy (non-hydrogen) atoms. The molecule has 1 aromatic heterocycles. The third-order valence-corrected chi connectivity index (χ3v) is 7.48. The lowest BCUT2D eigenvalue weighted by molar-refractivity contribution is -0.150. The van der Waals surface area contributed by atoms with Gasteiger partial charge in [-0.15, -0.1) is 11.3 Å². The van der Waals surface area contributed by atoms with Crippen LogP contribution in [0.15, 0.2) is 64.6 Å². The molecule has 0 saturated heterocycles. The summed E-state index contributed by atoms with van der Waals surface area (Å²) in [6.07, 6.45) is 14.3. The van der Waals surface area contributed by atoms with Crippen molar-refractivity contribution in [3.63, 3.8) is 0 Å². The van der Waals surface area contributed by atoms with E-state index in [9.17, 15) is 18.4 Å². The van der Waals surface area contributed by atoms with E-state index in [2.05, 4.69) is 15.7 Å². The number of esters is 2. The van der Waals surface area contributed by atoms with Gasteiger partial charge in [0.05, 0.1) is 10.7 Å². The summed E-state index contributed by atoms with van der Waals surface area (Å²) in [4.78, 5) is 32.2. The normalized spacial score (nSPS) is 25.5. The number of aryl methyl sites for hydroxylation is 1. The Morgan fingerprint density at radius 1 is 1.22 bits per heavy atom. The fraction of sp³-hybridized carbons (Fsp3) is 0.500. The standard InChI is InChI=1S/C30H43N3O6S2/c1-21(15-16-33(5)6)13-14-23(3)18-26-19-28-31-25(20-40-28)10-8-11-27(32-41(36)37)30(35)38-24(4)17-22(2)9-7-12-29(34)39-26/h7,9,12-15,18,20,24,26-27,32H,8,10-11,16-17,19H2,1-6H3,(H,36,37)/b12-7-,14-13+,21-15+,22-9+,23-18+/t24-,26+,27-/m0/s1. The van der Waals surface area contributed by atoms with Gasteiger partial charge in [0.15, 0.2) is 0 Å². The van der Waals surface area contributed by atoms with E-state index >= 15 is 0 Å². The number of cyclic esters (lactones) is 2. The summed E-state index contributed by atoms with van der Waals surface area (Å²) in [5.41, 5.74) is 3.85. The van der Waals surface area contributed by atoms with E-state index in [4.69, 9.17) is 14.5 Å². The number of thiazole rings is 1. The van der Waals surface area contributed by atoms with Crippen molar-refractivity contribution in [3.8, 4) is 0 Å². The number of aromatic nitrogens is 1.